The second-order valence-electron chi connectivity index (χ2n) is 5.02. The van der Waals surface area contributed by atoms with Gasteiger partial charge in [0.2, 0.25) is 0 Å². The van der Waals surface area contributed by atoms with Crippen LogP contribution in [0, 0.1) is 0 Å². The van der Waals surface area contributed by atoms with Crippen molar-refractivity contribution in [2.45, 2.75) is 50.6 Å². The van der Waals surface area contributed by atoms with E-state index in [1.165, 1.54) is 38.5 Å². The first-order chi connectivity index (χ1) is 8.31. The summed E-state index contributed by atoms with van der Waals surface area (Å²) in [7, 11) is 1.97. The van der Waals surface area contributed by atoms with Gasteiger partial charge in [-0.2, -0.15) is 0 Å². The zero-order valence-corrected chi connectivity index (χ0v) is 10.6. The highest BCUT2D eigenvalue weighted by Gasteiger charge is 2.19. The second kappa shape index (κ2) is 6.17. The number of hydrogen-bond acceptors (Lipinski definition) is 3. The first-order valence-corrected chi connectivity index (χ1v) is 6.64. The molecule has 2 rings (SSSR count). The molecule has 0 amide bonds. The molecule has 1 heterocycles. The lowest BCUT2D eigenvalue weighted by Gasteiger charge is -2.23. The highest BCUT2D eigenvalue weighted by atomic mass is 16.3. The predicted molar refractivity (Wildman–Crippen MR) is 67.7 cm³/mol. The van der Waals surface area contributed by atoms with Gasteiger partial charge in [0.05, 0.1) is 24.7 Å². The molecule has 0 aliphatic heterocycles. The Morgan fingerprint density at radius 1 is 1.41 bits per heavy atom. The van der Waals surface area contributed by atoms with Gasteiger partial charge in [-0.05, 0) is 12.8 Å². The Labute approximate surface area is 103 Å². The van der Waals surface area contributed by atoms with Crippen LogP contribution < -0.4 is 5.32 Å². The molecule has 1 saturated carbocycles. The summed E-state index contributed by atoms with van der Waals surface area (Å²) in [4.78, 5) is 4.11. The summed E-state index contributed by atoms with van der Waals surface area (Å²) in [5, 5.41) is 13.1. The second-order valence-corrected chi connectivity index (χ2v) is 5.02. The highest BCUT2D eigenvalue weighted by molar-refractivity contribution is 5.05. The molecule has 1 aromatic heterocycles. The van der Waals surface area contributed by atoms with E-state index in [-0.39, 0.29) is 12.6 Å². The Bertz CT molecular complexity index is 329. The van der Waals surface area contributed by atoms with Gasteiger partial charge in [0.1, 0.15) is 0 Å². The number of rotatable bonds is 4. The van der Waals surface area contributed by atoms with Gasteiger partial charge in [-0.3, -0.25) is 0 Å². The lowest BCUT2D eigenvalue weighted by Crippen LogP contribution is -2.35. The average molecular weight is 237 g/mol. The Hall–Kier alpha value is -0.870. The molecule has 1 fully saturated rings. The van der Waals surface area contributed by atoms with Crippen LogP contribution in [0.4, 0.5) is 0 Å². The molecular weight excluding hydrogens is 214 g/mol. The first kappa shape index (κ1) is 12.6. The topological polar surface area (TPSA) is 50.1 Å². The van der Waals surface area contributed by atoms with E-state index in [0.29, 0.717) is 6.04 Å². The van der Waals surface area contributed by atoms with Gasteiger partial charge >= 0.3 is 0 Å². The van der Waals surface area contributed by atoms with Crippen LogP contribution in [0.2, 0.25) is 0 Å². The van der Waals surface area contributed by atoms with E-state index in [2.05, 4.69) is 10.3 Å². The Morgan fingerprint density at radius 2 is 2.12 bits per heavy atom. The van der Waals surface area contributed by atoms with E-state index in [4.69, 9.17) is 0 Å². The predicted octanol–water partition coefficient (Wildman–Crippen LogP) is 1.77. The Morgan fingerprint density at radius 3 is 2.65 bits per heavy atom. The van der Waals surface area contributed by atoms with E-state index in [1.54, 1.807) is 6.33 Å². The number of aliphatic hydroxyl groups is 1. The quantitative estimate of drug-likeness (QED) is 0.785. The van der Waals surface area contributed by atoms with Crippen LogP contribution in [-0.4, -0.2) is 27.3 Å². The number of nitrogens with one attached hydrogen (secondary N) is 1. The van der Waals surface area contributed by atoms with Crippen molar-refractivity contribution in [3.05, 3.63) is 18.2 Å². The molecule has 1 aliphatic rings. The zero-order chi connectivity index (χ0) is 12.1. The lowest BCUT2D eigenvalue weighted by atomic mass is 10.1. The largest absolute Gasteiger partial charge is 0.394 e. The minimum absolute atomic E-state index is 0.0191. The fourth-order valence-corrected chi connectivity index (χ4v) is 2.67. The number of aromatic nitrogens is 2. The van der Waals surface area contributed by atoms with Gasteiger partial charge in [-0.15, -0.1) is 0 Å². The fourth-order valence-electron chi connectivity index (χ4n) is 2.67. The van der Waals surface area contributed by atoms with Gasteiger partial charge < -0.3 is 15.0 Å². The van der Waals surface area contributed by atoms with Gasteiger partial charge in [-0.1, -0.05) is 25.7 Å². The molecule has 96 valence electrons. The molecule has 2 N–H and O–H groups in total. The van der Waals surface area contributed by atoms with Gasteiger partial charge in [0.15, 0.2) is 0 Å². The molecule has 0 radical (unpaired) electrons. The smallest absolute Gasteiger partial charge is 0.0946 e. The Kier molecular flexibility index (Phi) is 4.57. The molecule has 1 aromatic rings. The van der Waals surface area contributed by atoms with Crippen molar-refractivity contribution in [3.63, 3.8) is 0 Å². The van der Waals surface area contributed by atoms with Crippen molar-refractivity contribution in [1.29, 1.82) is 0 Å². The highest BCUT2D eigenvalue weighted by Crippen LogP contribution is 2.20. The van der Waals surface area contributed by atoms with Crippen molar-refractivity contribution < 1.29 is 5.11 Å². The maximum absolute atomic E-state index is 9.52. The summed E-state index contributed by atoms with van der Waals surface area (Å²) >= 11 is 0. The van der Waals surface area contributed by atoms with Crippen LogP contribution in [0.25, 0.3) is 0 Å². The minimum Gasteiger partial charge on any atom is -0.394 e. The van der Waals surface area contributed by atoms with Gasteiger partial charge in [-0.25, -0.2) is 4.98 Å². The van der Waals surface area contributed by atoms with Crippen LogP contribution in [0.1, 0.15) is 50.3 Å². The molecule has 0 spiro atoms. The van der Waals surface area contributed by atoms with Gasteiger partial charge in [0, 0.05) is 19.3 Å². The summed E-state index contributed by atoms with van der Waals surface area (Å²) in [6.07, 6.45) is 11.4. The zero-order valence-electron chi connectivity index (χ0n) is 10.6. The van der Waals surface area contributed by atoms with E-state index in [9.17, 15) is 5.11 Å². The summed E-state index contributed by atoms with van der Waals surface area (Å²) in [6, 6.07) is 0.565. The molecule has 1 atom stereocenters. The molecule has 1 unspecified atom stereocenters. The molecular formula is C13H23N3O. The molecule has 1 aliphatic carbocycles. The third-order valence-electron chi connectivity index (χ3n) is 3.69. The van der Waals surface area contributed by atoms with Crippen LogP contribution in [0.3, 0.4) is 0 Å². The SMILES string of the molecule is Cn1cncc1C(CO)NC1CCCCCC1. The fraction of sp³-hybridized carbons (Fsp3) is 0.769. The molecule has 17 heavy (non-hydrogen) atoms. The van der Waals surface area contributed by atoms with E-state index in [0.717, 1.165) is 5.69 Å². The molecule has 0 saturated heterocycles. The summed E-state index contributed by atoms with van der Waals surface area (Å²) in [5.74, 6) is 0. The first-order valence-electron chi connectivity index (χ1n) is 6.64. The third kappa shape index (κ3) is 3.30. The van der Waals surface area contributed by atoms with Crippen LogP contribution in [-0.2, 0) is 7.05 Å². The molecule has 4 nitrogen and oxygen atoms in total. The average Bonchev–Trinajstić information content (AvgIpc) is 2.62. The minimum atomic E-state index is 0.0191. The standard InChI is InChI=1S/C13H23N3O/c1-16-10-14-8-13(16)12(9-17)15-11-6-4-2-3-5-7-11/h8,10-12,15,17H,2-7,9H2,1H3. The maximum Gasteiger partial charge on any atom is 0.0946 e. The number of imidazole rings is 1. The van der Waals surface area contributed by atoms with Crippen LogP contribution in [0.5, 0.6) is 0 Å². The van der Waals surface area contributed by atoms with Crippen LogP contribution >= 0.6 is 0 Å². The monoisotopic (exact) mass is 237 g/mol. The number of hydrogen-bond donors (Lipinski definition) is 2. The molecule has 4 heteroatoms. The number of aliphatic hydroxyl groups excluding tert-OH is 1. The molecule has 0 aromatic carbocycles. The normalized spacial score (nSPS) is 20.1. The number of aryl methyl sites for hydroxylation is 1. The van der Waals surface area contributed by atoms with Crippen molar-refractivity contribution in [3.8, 4) is 0 Å². The van der Waals surface area contributed by atoms with Crippen LogP contribution in [0.15, 0.2) is 12.5 Å². The van der Waals surface area contributed by atoms with Crippen molar-refractivity contribution in [1.82, 2.24) is 14.9 Å². The van der Waals surface area contributed by atoms with Gasteiger partial charge in [0.25, 0.3) is 0 Å². The van der Waals surface area contributed by atoms with E-state index < -0.39 is 0 Å². The van der Waals surface area contributed by atoms with E-state index >= 15 is 0 Å². The summed E-state index contributed by atoms with van der Waals surface area (Å²) < 4.78 is 1.98. The maximum atomic E-state index is 9.52. The van der Waals surface area contributed by atoms with Crippen molar-refractivity contribution >= 4 is 0 Å². The molecule has 0 bridgehead atoms. The van der Waals surface area contributed by atoms with E-state index in [1.807, 2.05) is 17.8 Å². The summed E-state index contributed by atoms with van der Waals surface area (Å²) in [6.45, 7) is 0.135. The summed E-state index contributed by atoms with van der Waals surface area (Å²) in [5.41, 5.74) is 1.07. The van der Waals surface area contributed by atoms with Crippen molar-refractivity contribution in [2.24, 2.45) is 7.05 Å². The van der Waals surface area contributed by atoms with Crippen molar-refractivity contribution in [2.75, 3.05) is 6.61 Å². The lowest BCUT2D eigenvalue weighted by molar-refractivity contribution is 0.223. The number of nitrogens with zero attached hydrogens (tertiary/aromatic N) is 2. The Balaban J connectivity index is 1.97. The third-order valence-corrected chi connectivity index (χ3v) is 3.69.